The van der Waals surface area contributed by atoms with Gasteiger partial charge >= 0.3 is 5.69 Å². The molecule has 1 aromatic carbocycles. The number of methoxy groups -OCH3 is 1. The van der Waals surface area contributed by atoms with Crippen molar-refractivity contribution in [3.63, 3.8) is 0 Å². The highest BCUT2D eigenvalue weighted by Gasteiger charge is 2.17. The van der Waals surface area contributed by atoms with Crippen molar-refractivity contribution in [2.75, 3.05) is 13.7 Å². The van der Waals surface area contributed by atoms with E-state index >= 15 is 0 Å². The van der Waals surface area contributed by atoms with Gasteiger partial charge in [-0.1, -0.05) is 5.16 Å². The average molecular weight is 278 g/mol. The lowest BCUT2D eigenvalue weighted by Gasteiger charge is -2.02. The number of nitro benzene ring substituents is 1. The van der Waals surface area contributed by atoms with Crippen molar-refractivity contribution in [3.05, 3.63) is 34.1 Å². The van der Waals surface area contributed by atoms with Crippen LogP contribution in [0.5, 0.6) is 5.75 Å². The van der Waals surface area contributed by atoms with Crippen molar-refractivity contribution in [3.8, 4) is 17.2 Å². The Labute approximate surface area is 114 Å². The maximum atomic E-state index is 10.8. The summed E-state index contributed by atoms with van der Waals surface area (Å²) in [5.74, 6) is 1.00. The smallest absolute Gasteiger partial charge is 0.310 e. The van der Waals surface area contributed by atoms with E-state index in [1.807, 2.05) is 0 Å². The number of nitrogens with zero attached hydrogens (tertiary/aromatic N) is 3. The van der Waals surface area contributed by atoms with Gasteiger partial charge in [0.1, 0.15) is 0 Å². The van der Waals surface area contributed by atoms with Gasteiger partial charge in [0.15, 0.2) is 11.6 Å². The lowest BCUT2D eigenvalue weighted by molar-refractivity contribution is -0.385. The van der Waals surface area contributed by atoms with Crippen LogP contribution in [0.25, 0.3) is 11.5 Å². The summed E-state index contributed by atoms with van der Waals surface area (Å²) in [6.07, 6.45) is 1.40. The van der Waals surface area contributed by atoms with Crippen molar-refractivity contribution >= 4 is 5.69 Å². The SMILES string of the molecule is COc1cc(-c2nc(CCCN)no2)ccc1[N+](=O)[O-]. The monoisotopic (exact) mass is 278 g/mol. The minimum atomic E-state index is -0.511. The number of nitrogens with two attached hydrogens (primary N) is 1. The van der Waals surface area contributed by atoms with E-state index in [-0.39, 0.29) is 11.4 Å². The number of hydrogen-bond acceptors (Lipinski definition) is 7. The van der Waals surface area contributed by atoms with Crippen molar-refractivity contribution in [2.45, 2.75) is 12.8 Å². The van der Waals surface area contributed by atoms with E-state index in [1.165, 1.54) is 19.2 Å². The van der Waals surface area contributed by atoms with E-state index in [2.05, 4.69) is 10.1 Å². The number of rotatable bonds is 6. The van der Waals surface area contributed by atoms with Crippen molar-refractivity contribution in [1.29, 1.82) is 0 Å². The van der Waals surface area contributed by atoms with Crippen molar-refractivity contribution < 1.29 is 14.2 Å². The molecule has 0 bridgehead atoms. The average Bonchev–Trinajstić information content (AvgIpc) is 2.93. The van der Waals surface area contributed by atoms with Gasteiger partial charge in [0.2, 0.25) is 0 Å². The van der Waals surface area contributed by atoms with Crippen LogP contribution in [0.4, 0.5) is 5.69 Å². The Bertz CT molecular complexity index is 611. The van der Waals surface area contributed by atoms with E-state index in [4.69, 9.17) is 15.0 Å². The minimum Gasteiger partial charge on any atom is -0.490 e. The number of nitro groups is 1. The Morgan fingerprint density at radius 1 is 1.50 bits per heavy atom. The molecule has 2 aromatic rings. The van der Waals surface area contributed by atoms with Crippen LogP contribution < -0.4 is 10.5 Å². The third-order valence-electron chi connectivity index (χ3n) is 2.70. The number of ether oxygens (including phenoxy) is 1. The van der Waals surface area contributed by atoms with E-state index in [1.54, 1.807) is 6.07 Å². The van der Waals surface area contributed by atoms with Crippen LogP contribution in [-0.4, -0.2) is 28.7 Å². The summed E-state index contributed by atoms with van der Waals surface area (Å²) in [6.45, 7) is 0.551. The van der Waals surface area contributed by atoms with Crippen LogP contribution in [0.15, 0.2) is 22.7 Å². The first-order valence-electron chi connectivity index (χ1n) is 6.01. The first-order chi connectivity index (χ1) is 9.65. The normalized spacial score (nSPS) is 10.5. The molecule has 0 spiro atoms. The number of hydrogen-bond donors (Lipinski definition) is 1. The van der Waals surface area contributed by atoms with E-state index < -0.39 is 4.92 Å². The maximum Gasteiger partial charge on any atom is 0.310 e. The summed E-state index contributed by atoms with van der Waals surface area (Å²) in [6, 6.07) is 4.39. The van der Waals surface area contributed by atoms with Crippen LogP contribution in [0, 0.1) is 10.1 Å². The molecule has 0 aliphatic carbocycles. The highest BCUT2D eigenvalue weighted by molar-refractivity contribution is 5.61. The number of benzene rings is 1. The molecule has 0 saturated carbocycles. The second-order valence-corrected chi connectivity index (χ2v) is 4.05. The molecule has 20 heavy (non-hydrogen) atoms. The molecule has 8 heteroatoms. The Morgan fingerprint density at radius 2 is 2.30 bits per heavy atom. The fraction of sp³-hybridized carbons (Fsp3) is 0.333. The van der Waals surface area contributed by atoms with Gasteiger partial charge in [-0.05, 0) is 19.0 Å². The molecular formula is C12H14N4O4. The molecule has 1 heterocycles. The molecule has 0 unspecified atom stereocenters. The molecule has 8 nitrogen and oxygen atoms in total. The fourth-order valence-electron chi connectivity index (χ4n) is 1.69. The standard InChI is InChI=1S/C12H14N4O4/c1-19-10-7-8(4-5-9(10)16(17)18)12-14-11(15-20-12)3-2-6-13/h4-5,7H,2-3,6,13H2,1H3. The zero-order valence-electron chi connectivity index (χ0n) is 10.9. The largest absolute Gasteiger partial charge is 0.490 e. The molecule has 0 aliphatic rings. The van der Waals surface area contributed by atoms with Gasteiger partial charge in [0, 0.05) is 24.1 Å². The van der Waals surface area contributed by atoms with E-state index in [9.17, 15) is 10.1 Å². The third-order valence-corrected chi connectivity index (χ3v) is 2.70. The van der Waals surface area contributed by atoms with Gasteiger partial charge < -0.3 is 15.0 Å². The number of aryl methyl sites for hydroxylation is 1. The molecule has 0 saturated heterocycles. The minimum absolute atomic E-state index is 0.112. The molecule has 1 aromatic heterocycles. The Balaban J connectivity index is 2.28. The highest BCUT2D eigenvalue weighted by atomic mass is 16.6. The zero-order chi connectivity index (χ0) is 14.5. The molecule has 0 aliphatic heterocycles. The first-order valence-corrected chi connectivity index (χ1v) is 6.01. The van der Waals surface area contributed by atoms with Crippen LogP contribution in [-0.2, 0) is 6.42 Å². The Morgan fingerprint density at radius 3 is 2.95 bits per heavy atom. The van der Waals surface area contributed by atoms with Crippen LogP contribution in [0.3, 0.4) is 0 Å². The second kappa shape index (κ2) is 6.11. The predicted molar refractivity (Wildman–Crippen MR) is 70.3 cm³/mol. The maximum absolute atomic E-state index is 10.8. The highest BCUT2D eigenvalue weighted by Crippen LogP contribution is 2.31. The topological polar surface area (TPSA) is 117 Å². The molecule has 106 valence electrons. The van der Waals surface area contributed by atoms with Gasteiger partial charge in [-0.15, -0.1) is 0 Å². The zero-order valence-corrected chi connectivity index (χ0v) is 10.9. The van der Waals surface area contributed by atoms with E-state index in [0.29, 0.717) is 30.2 Å². The molecule has 2 N–H and O–H groups in total. The van der Waals surface area contributed by atoms with Gasteiger partial charge in [-0.2, -0.15) is 4.98 Å². The number of aromatic nitrogens is 2. The van der Waals surface area contributed by atoms with E-state index in [0.717, 1.165) is 6.42 Å². The summed E-state index contributed by atoms with van der Waals surface area (Å²) in [4.78, 5) is 14.5. The van der Waals surface area contributed by atoms with Gasteiger partial charge in [0.25, 0.3) is 5.89 Å². The molecule has 0 radical (unpaired) electrons. The first kappa shape index (κ1) is 13.9. The van der Waals surface area contributed by atoms with Crippen LogP contribution in [0.1, 0.15) is 12.2 Å². The summed E-state index contributed by atoms with van der Waals surface area (Å²) in [5, 5.41) is 14.6. The molecule has 0 atom stereocenters. The van der Waals surface area contributed by atoms with Gasteiger partial charge in [-0.25, -0.2) is 0 Å². The summed E-state index contributed by atoms with van der Waals surface area (Å²) >= 11 is 0. The second-order valence-electron chi connectivity index (χ2n) is 4.05. The lowest BCUT2D eigenvalue weighted by Crippen LogP contribution is -2.01. The molecule has 2 rings (SSSR count). The lowest BCUT2D eigenvalue weighted by atomic mass is 10.2. The summed E-state index contributed by atoms with van der Waals surface area (Å²) in [5.41, 5.74) is 5.87. The molecule has 0 amide bonds. The quantitative estimate of drug-likeness (QED) is 0.629. The van der Waals surface area contributed by atoms with Crippen molar-refractivity contribution in [1.82, 2.24) is 10.1 Å². The van der Waals surface area contributed by atoms with Crippen molar-refractivity contribution in [2.24, 2.45) is 5.73 Å². The molecular weight excluding hydrogens is 264 g/mol. The Kier molecular flexibility index (Phi) is 4.26. The Hall–Kier alpha value is -2.48. The fourth-order valence-corrected chi connectivity index (χ4v) is 1.69. The van der Waals surface area contributed by atoms with Gasteiger partial charge in [-0.3, -0.25) is 10.1 Å². The predicted octanol–water partition coefficient (Wildman–Crippen LogP) is 1.54. The summed E-state index contributed by atoms with van der Waals surface area (Å²) < 4.78 is 10.1. The summed E-state index contributed by atoms with van der Waals surface area (Å²) in [7, 11) is 1.37. The van der Waals surface area contributed by atoms with Crippen LogP contribution >= 0.6 is 0 Å². The molecule has 0 fully saturated rings. The third kappa shape index (κ3) is 2.91. The van der Waals surface area contributed by atoms with Crippen LogP contribution in [0.2, 0.25) is 0 Å². The van der Waals surface area contributed by atoms with Gasteiger partial charge in [0.05, 0.1) is 12.0 Å².